The van der Waals surface area contributed by atoms with Crippen molar-refractivity contribution in [3.05, 3.63) is 53.6 Å². The number of carbonyl (C=O) groups excluding carboxylic acids is 2. The monoisotopic (exact) mass is 314 g/mol. The summed E-state index contributed by atoms with van der Waals surface area (Å²) >= 11 is 0. The van der Waals surface area contributed by atoms with Crippen molar-refractivity contribution in [2.45, 2.75) is 27.1 Å². The fourth-order valence-corrected chi connectivity index (χ4v) is 2.16. The fraction of sp³-hybridized carbons (Fsp3) is 0.222. The molecule has 120 valence electrons. The van der Waals surface area contributed by atoms with Crippen LogP contribution in [0.25, 0.3) is 11.1 Å². The molecule has 2 aromatic carbocycles. The number of rotatable bonds is 5. The summed E-state index contributed by atoms with van der Waals surface area (Å²) in [5.74, 6) is -0.777. The van der Waals surface area contributed by atoms with Gasteiger partial charge in [0.25, 0.3) is 0 Å². The Balaban J connectivity index is 2.42. The van der Waals surface area contributed by atoms with Crippen molar-refractivity contribution in [2.24, 2.45) is 0 Å². The van der Waals surface area contributed by atoms with Crippen LogP contribution >= 0.6 is 0 Å². The average Bonchev–Trinajstić information content (AvgIpc) is 2.53. The molecule has 1 N–H and O–H groups in total. The maximum absolute atomic E-state index is 11.0. The Morgan fingerprint density at radius 2 is 1.57 bits per heavy atom. The number of benzene rings is 2. The summed E-state index contributed by atoms with van der Waals surface area (Å²) in [5.41, 5.74) is 2.58. The lowest BCUT2D eigenvalue weighted by Crippen LogP contribution is -2.03. The van der Waals surface area contributed by atoms with Gasteiger partial charge in [0.15, 0.2) is 0 Å². The zero-order chi connectivity index (χ0) is 16.8. The van der Waals surface area contributed by atoms with Crippen LogP contribution < -0.4 is 0 Å². The molecule has 2 rings (SSSR count). The first-order chi connectivity index (χ1) is 11.0. The molecule has 0 amide bonds. The van der Waals surface area contributed by atoms with E-state index in [2.05, 4.69) is 0 Å². The van der Waals surface area contributed by atoms with Gasteiger partial charge in [-0.1, -0.05) is 30.3 Å². The largest absolute Gasteiger partial charge is 0.507 e. The van der Waals surface area contributed by atoms with Crippen LogP contribution in [0, 0.1) is 0 Å². The van der Waals surface area contributed by atoms with E-state index < -0.39 is 5.97 Å². The molecule has 0 aromatic heterocycles. The van der Waals surface area contributed by atoms with Gasteiger partial charge in [-0.15, -0.1) is 0 Å². The quantitative estimate of drug-likeness (QED) is 0.858. The summed E-state index contributed by atoms with van der Waals surface area (Å²) in [6.07, 6.45) is 0. The van der Waals surface area contributed by atoms with Gasteiger partial charge < -0.3 is 14.6 Å². The predicted molar refractivity (Wildman–Crippen MR) is 84.5 cm³/mol. The maximum Gasteiger partial charge on any atom is 0.302 e. The number of hydrogen-bond donors (Lipinski definition) is 1. The maximum atomic E-state index is 11.0. The van der Waals surface area contributed by atoms with E-state index in [-0.39, 0.29) is 24.9 Å². The second-order valence-electron chi connectivity index (χ2n) is 5.08. The highest BCUT2D eigenvalue weighted by Crippen LogP contribution is 2.34. The third-order valence-corrected chi connectivity index (χ3v) is 3.21. The highest BCUT2D eigenvalue weighted by Gasteiger charge is 2.13. The summed E-state index contributed by atoms with van der Waals surface area (Å²) < 4.78 is 9.98. The Morgan fingerprint density at radius 1 is 0.957 bits per heavy atom. The van der Waals surface area contributed by atoms with Crippen molar-refractivity contribution >= 4 is 11.9 Å². The normalized spacial score (nSPS) is 10.2. The first-order valence-corrected chi connectivity index (χ1v) is 7.14. The molecule has 0 saturated heterocycles. The highest BCUT2D eigenvalue weighted by atomic mass is 16.5. The lowest BCUT2D eigenvalue weighted by molar-refractivity contribution is -0.143. The van der Waals surface area contributed by atoms with E-state index in [1.807, 2.05) is 30.3 Å². The zero-order valence-electron chi connectivity index (χ0n) is 13.0. The van der Waals surface area contributed by atoms with E-state index in [9.17, 15) is 14.7 Å². The minimum absolute atomic E-state index is 0.0454. The molecule has 0 radical (unpaired) electrons. The molecule has 0 fully saturated rings. The van der Waals surface area contributed by atoms with E-state index in [1.165, 1.54) is 13.8 Å². The van der Waals surface area contributed by atoms with Crippen molar-refractivity contribution in [2.75, 3.05) is 0 Å². The number of phenolic OH excluding ortho intramolecular Hbond substituents is 1. The van der Waals surface area contributed by atoms with Crippen LogP contribution in [0.1, 0.15) is 25.0 Å². The van der Waals surface area contributed by atoms with Crippen LogP contribution in [0.15, 0.2) is 42.5 Å². The SMILES string of the molecule is CC(=O)OCc1cc(COC(C)=O)c(O)c(-c2ccccc2)c1. The Kier molecular flexibility index (Phi) is 5.36. The molecule has 0 aliphatic rings. The highest BCUT2D eigenvalue weighted by molar-refractivity contribution is 5.73. The van der Waals surface area contributed by atoms with Crippen LogP contribution in [0.3, 0.4) is 0 Å². The van der Waals surface area contributed by atoms with Gasteiger partial charge in [0, 0.05) is 25.0 Å². The summed E-state index contributed by atoms with van der Waals surface area (Å²) in [4.78, 5) is 22.0. The Bertz CT molecular complexity index is 707. The number of phenols is 1. The standard InChI is InChI=1S/C18H18O5/c1-12(19)22-10-14-8-16(11-23-13(2)20)18(21)17(9-14)15-6-4-3-5-7-15/h3-9,21H,10-11H2,1-2H3. The van der Waals surface area contributed by atoms with Gasteiger partial charge in [0.1, 0.15) is 19.0 Å². The number of esters is 2. The van der Waals surface area contributed by atoms with Crippen LogP contribution in [0.2, 0.25) is 0 Å². The molecule has 0 spiro atoms. The van der Waals surface area contributed by atoms with Gasteiger partial charge in [-0.2, -0.15) is 0 Å². The van der Waals surface area contributed by atoms with Gasteiger partial charge in [-0.25, -0.2) is 0 Å². The molecular formula is C18H18O5. The van der Waals surface area contributed by atoms with E-state index in [0.29, 0.717) is 16.7 Å². The molecule has 0 saturated carbocycles. The van der Waals surface area contributed by atoms with Gasteiger partial charge in [-0.3, -0.25) is 9.59 Å². The van der Waals surface area contributed by atoms with Gasteiger partial charge >= 0.3 is 11.9 Å². The van der Waals surface area contributed by atoms with Crippen LogP contribution in [0.4, 0.5) is 0 Å². The van der Waals surface area contributed by atoms with Crippen LogP contribution in [-0.2, 0) is 32.3 Å². The smallest absolute Gasteiger partial charge is 0.302 e. The average molecular weight is 314 g/mol. The number of hydrogen-bond acceptors (Lipinski definition) is 5. The molecule has 0 aliphatic carbocycles. The Labute approximate surface area is 134 Å². The summed E-state index contributed by atoms with van der Waals surface area (Å²) in [5, 5.41) is 10.5. The van der Waals surface area contributed by atoms with Gasteiger partial charge in [-0.05, 0) is 23.3 Å². The van der Waals surface area contributed by atoms with E-state index in [0.717, 1.165) is 5.56 Å². The Morgan fingerprint density at radius 3 is 2.17 bits per heavy atom. The van der Waals surface area contributed by atoms with Crippen molar-refractivity contribution in [3.8, 4) is 16.9 Å². The lowest BCUT2D eigenvalue weighted by atomic mass is 9.98. The van der Waals surface area contributed by atoms with Crippen molar-refractivity contribution in [1.29, 1.82) is 0 Å². The molecule has 2 aromatic rings. The number of aromatic hydroxyl groups is 1. The van der Waals surface area contributed by atoms with Crippen LogP contribution in [0.5, 0.6) is 5.75 Å². The van der Waals surface area contributed by atoms with Crippen molar-refractivity contribution in [1.82, 2.24) is 0 Å². The summed E-state index contributed by atoms with van der Waals surface area (Å²) in [6.45, 7) is 2.67. The second kappa shape index (κ2) is 7.45. The topological polar surface area (TPSA) is 72.8 Å². The molecule has 0 aliphatic heterocycles. The van der Waals surface area contributed by atoms with E-state index >= 15 is 0 Å². The number of ether oxygens (including phenoxy) is 2. The van der Waals surface area contributed by atoms with Gasteiger partial charge in [0.2, 0.25) is 0 Å². The first kappa shape index (κ1) is 16.5. The molecule has 0 atom stereocenters. The second-order valence-corrected chi connectivity index (χ2v) is 5.08. The minimum atomic E-state index is -0.434. The molecule has 0 heterocycles. The minimum Gasteiger partial charge on any atom is -0.507 e. The molecule has 0 unspecified atom stereocenters. The van der Waals surface area contributed by atoms with Crippen molar-refractivity contribution < 1.29 is 24.2 Å². The predicted octanol–water partition coefficient (Wildman–Crippen LogP) is 3.19. The van der Waals surface area contributed by atoms with E-state index in [4.69, 9.17) is 9.47 Å². The molecule has 5 nitrogen and oxygen atoms in total. The molecular weight excluding hydrogens is 296 g/mol. The summed E-state index contributed by atoms with van der Waals surface area (Å²) in [6, 6.07) is 12.7. The zero-order valence-corrected chi connectivity index (χ0v) is 13.0. The summed E-state index contributed by atoms with van der Waals surface area (Å²) in [7, 11) is 0. The van der Waals surface area contributed by atoms with Gasteiger partial charge in [0.05, 0.1) is 0 Å². The molecule has 23 heavy (non-hydrogen) atoms. The molecule has 0 bridgehead atoms. The first-order valence-electron chi connectivity index (χ1n) is 7.14. The fourth-order valence-electron chi connectivity index (χ4n) is 2.16. The molecule has 5 heteroatoms. The van der Waals surface area contributed by atoms with E-state index in [1.54, 1.807) is 12.1 Å². The van der Waals surface area contributed by atoms with Crippen LogP contribution in [-0.4, -0.2) is 17.0 Å². The third-order valence-electron chi connectivity index (χ3n) is 3.21. The van der Waals surface area contributed by atoms with Crippen molar-refractivity contribution in [3.63, 3.8) is 0 Å². The third kappa shape index (κ3) is 4.57. The Hall–Kier alpha value is -2.82. The number of carbonyl (C=O) groups is 2. The lowest BCUT2D eigenvalue weighted by Gasteiger charge is -2.13.